The van der Waals surface area contributed by atoms with Crippen molar-refractivity contribution in [1.82, 2.24) is 13.9 Å². The molecule has 0 unspecified atom stereocenters. The molecule has 0 bridgehead atoms. The van der Waals surface area contributed by atoms with Gasteiger partial charge in [0.15, 0.2) is 0 Å². The maximum atomic E-state index is 12.4. The first-order valence-electron chi connectivity index (χ1n) is 8.68. The molecule has 3 aromatic rings. The minimum absolute atomic E-state index is 0.179. The lowest BCUT2D eigenvalue weighted by atomic mass is 10.3. The van der Waals surface area contributed by atoms with E-state index in [4.69, 9.17) is 0 Å². The third-order valence-corrected chi connectivity index (χ3v) is 7.49. The summed E-state index contributed by atoms with van der Waals surface area (Å²) in [6.07, 6.45) is 0.649. The Morgan fingerprint density at radius 2 is 2.04 bits per heavy atom. The number of amides is 1. The molecule has 27 heavy (non-hydrogen) atoms. The van der Waals surface area contributed by atoms with E-state index < -0.39 is 10.0 Å². The van der Waals surface area contributed by atoms with Crippen molar-refractivity contribution >= 4 is 44.2 Å². The highest BCUT2D eigenvalue weighted by Crippen LogP contribution is 2.21. The SMILES string of the molecule is CCn1c(NC(=O)CCCN(C)S(=O)(=O)c2cccs2)nc2ccccc21. The second-order valence-corrected chi connectivity index (χ2v) is 9.30. The molecule has 7 nitrogen and oxygen atoms in total. The quantitative estimate of drug-likeness (QED) is 0.623. The van der Waals surface area contributed by atoms with Crippen molar-refractivity contribution in [3.8, 4) is 0 Å². The number of anilines is 1. The number of nitrogens with zero attached hydrogens (tertiary/aromatic N) is 3. The molecule has 0 atom stereocenters. The third kappa shape index (κ3) is 4.20. The molecule has 1 amide bonds. The number of aromatic nitrogens is 2. The molecule has 2 aromatic heterocycles. The molecule has 2 heterocycles. The number of hydrogen-bond donors (Lipinski definition) is 1. The normalized spacial score (nSPS) is 12.0. The second kappa shape index (κ2) is 8.20. The van der Waals surface area contributed by atoms with Gasteiger partial charge in [-0.15, -0.1) is 11.3 Å². The first-order valence-corrected chi connectivity index (χ1v) is 11.0. The average molecular weight is 407 g/mol. The zero-order chi connectivity index (χ0) is 19.4. The number of rotatable bonds is 8. The number of carbonyl (C=O) groups is 1. The number of imidazole rings is 1. The molecule has 0 aliphatic carbocycles. The van der Waals surface area contributed by atoms with Crippen LogP contribution in [0.4, 0.5) is 5.95 Å². The molecule has 9 heteroatoms. The van der Waals surface area contributed by atoms with E-state index in [0.29, 0.717) is 23.1 Å². The van der Waals surface area contributed by atoms with Crippen molar-refractivity contribution in [1.29, 1.82) is 0 Å². The maximum absolute atomic E-state index is 12.4. The molecule has 1 aromatic carbocycles. The minimum Gasteiger partial charge on any atom is -0.310 e. The molecule has 0 radical (unpaired) electrons. The fraction of sp³-hybridized carbons (Fsp3) is 0.333. The number of sulfonamides is 1. The highest BCUT2D eigenvalue weighted by Gasteiger charge is 2.21. The van der Waals surface area contributed by atoms with E-state index in [1.807, 2.05) is 35.8 Å². The van der Waals surface area contributed by atoms with Gasteiger partial charge in [-0.2, -0.15) is 0 Å². The van der Waals surface area contributed by atoms with Crippen LogP contribution in [0.2, 0.25) is 0 Å². The van der Waals surface area contributed by atoms with Crippen LogP contribution in [0.25, 0.3) is 11.0 Å². The van der Waals surface area contributed by atoms with E-state index in [-0.39, 0.29) is 18.9 Å². The third-order valence-electron chi connectivity index (χ3n) is 4.26. The van der Waals surface area contributed by atoms with Gasteiger partial charge in [-0.1, -0.05) is 18.2 Å². The summed E-state index contributed by atoms with van der Waals surface area (Å²) in [5.41, 5.74) is 1.80. The molecular weight excluding hydrogens is 384 g/mol. The predicted molar refractivity (Wildman–Crippen MR) is 107 cm³/mol. The Kier molecular flexibility index (Phi) is 5.93. The molecule has 3 rings (SSSR count). The van der Waals surface area contributed by atoms with Gasteiger partial charge in [0, 0.05) is 26.6 Å². The van der Waals surface area contributed by atoms with Crippen LogP contribution in [0.1, 0.15) is 19.8 Å². The Morgan fingerprint density at radius 1 is 1.26 bits per heavy atom. The van der Waals surface area contributed by atoms with Crippen molar-refractivity contribution in [3.05, 3.63) is 41.8 Å². The van der Waals surface area contributed by atoms with Gasteiger partial charge in [-0.3, -0.25) is 10.1 Å². The topological polar surface area (TPSA) is 84.3 Å². The van der Waals surface area contributed by atoms with Gasteiger partial charge < -0.3 is 4.57 Å². The van der Waals surface area contributed by atoms with Gasteiger partial charge >= 0.3 is 0 Å². The van der Waals surface area contributed by atoms with E-state index in [1.54, 1.807) is 17.5 Å². The summed E-state index contributed by atoms with van der Waals surface area (Å²) in [7, 11) is -1.95. The van der Waals surface area contributed by atoms with Gasteiger partial charge in [0.05, 0.1) is 11.0 Å². The van der Waals surface area contributed by atoms with Crippen LogP contribution < -0.4 is 5.32 Å². The zero-order valence-electron chi connectivity index (χ0n) is 15.3. The fourth-order valence-electron chi connectivity index (χ4n) is 2.82. The standard InChI is InChI=1S/C18H22N4O3S2/c1-3-22-15-9-5-4-8-14(15)19-18(22)20-16(23)10-6-12-21(2)27(24,25)17-11-7-13-26-17/h4-5,7-9,11,13H,3,6,10,12H2,1-2H3,(H,19,20,23). The summed E-state index contributed by atoms with van der Waals surface area (Å²) in [4.78, 5) is 16.8. The zero-order valence-corrected chi connectivity index (χ0v) is 16.9. The van der Waals surface area contributed by atoms with Crippen LogP contribution >= 0.6 is 11.3 Å². The molecule has 0 fully saturated rings. The van der Waals surface area contributed by atoms with Gasteiger partial charge in [-0.25, -0.2) is 17.7 Å². The van der Waals surface area contributed by atoms with E-state index in [1.165, 1.54) is 22.7 Å². The molecule has 0 aliphatic heterocycles. The maximum Gasteiger partial charge on any atom is 0.252 e. The predicted octanol–water partition coefficient (Wildman–Crippen LogP) is 3.16. The van der Waals surface area contributed by atoms with E-state index in [0.717, 1.165) is 11.0 Å². The fourth-order valence-corrected chi connectivity index (χ4v) is 5.23. The monoisotopic (exact) mass is 406 g/mol. The van der Waals surface area contributed by atoms with Gasteiger partial charge in [-0.05, 0) is 36.9 Å². The highest BCUT2D eigenvalue weighted by atomic mass is 32.2. The van der Waals surface area contributed by atoms with E-state index in [2.05, 4.69) is 10.3 Å². The average Bonchev–Trinajstić information content (AvgIpc) is 3.29. The Bertz CT molecular complexity index is 1030. The van der Waals surface area contributed by atoms with Crippen molar-refractivity contribution in [2.24, 2.45) is 0 Å². The number of hydrogen-bond acceptors (Lipinski definition) is 5. The van der Waals surface area contributed by atoms with E-state index >= 15 is 0 Å². The number of benzene rings is 1. The van der Waals surface area contributed by atoms with E-state index in [9.17, 15) is 13.2 Å². The van der Waals surface area contributed by atoms with Crippen LogP contribution in [0, 0.1) is 0 Å². The van der Waals surface area contributed by atoms with Crippen LogP contribution in [0.5, 0.6) is 0 Å². The summed E-state index contributed by atoms with van der Waals surface area (Å²) >= 11 is 1.19. The number of aryl methyl sites for hydroxylation is 1. The first-order chi connectivity index (χ1) is 12.9. The number of fused-ring (bicyclic) bond motifs is 1. The van der Waals surface area contributed by atoms with Crippen LogP contribution in [-0.2, 0) is 21.4 Å². The van der Waals surface area contributed by atoms with Crippen molar-refractivity contribution in [2.75, 3.05) is 18.9 Å². The largest absolute Gasteiger partial charge is 0.310 e. The minimum atomic E-state index is -3.48. The number of nitrogens with one attached hydrogen (secondary N) is 1. The smallest absolute Gasteiger partial charge is 0.252 e. The Morgan fingerprint density at radius 3 is 2.74 bits per heavy atom. The molecule has 0 aliphatic rings. The second-order valence-electron chi connectivity index (χ2n) is 6.08. The summed E-state index contributed by atoms with van der Waals surface area (Å²) < 4.78 is 28.3. The van der Waals surface area contributed by atoms with Crippen LogP contribution in [-0.4, -0.2) is 41.8 Å². The number of carbonyl (C=O) groups excluding carboxylic acids is 1. The molecule has 0 spiro atoms. The number of thiophene rings is 1. The molecule has 0 saturated carbocycles. The number of para-hydroxylation sites is 2. The Hall–Kier alpha value is -2.23. The van der Waals surface area contributed by atoms with Crippen LogP contribution in [0.15, 0.2) is 46.0 Å². The molecule has 0 saturated heterocycles. The lowest BCUT2D eigenvalue weighted by Gasteiger charge is -2.15. The lowest BCUT2D eigenvalue weighted by molar-refractivity contribution is -0.116. The summed E-state index contributed by atoms with van der Waals surface area (Å²) in [6.45, 7) is 2.96. The van der Waals surface area contributed by atoms with Crippen molar-refractivity contribution < 1.29 is 13.2 Å². The summed E-state index contributed by atoms with van der Waals surface area (Å²) in [5.74, 6) is 0.338. The highest BCUT2D eigenvalue weighted by molar-refractivity contribution is 7.91. The van der Waals surface area contributed by atoms with Crippen molar-refractivity contribution in [3.63, 3.8) is 0 Å². The molecule has 1 N–H and O–H groups in total. The molecule has 144 valence electrons. The first kappa shape index (κ1) is 19.5. The van der Waals surface area contributed by atoms with Gasteiger partial charge in [0.1, 0.15) is 4.21 Å². The summed E-state index contributed by atoms with van der Waals surface area (Å²) in [5, 5.41) is 4.57. The Balaban J connectivity index is 1.58. The lowest BCUT2D eigenvalue weighted by Crippen LogP contribution is -2.28. The van der Waals surface area contributed by atoms with Crippen LogP contribution in [0.3, 0.4) is 0 Å². The summed E-state index contributed by atoms with van der Waals surface area (Å²) in [6, 6.07) is 11.0. The van der Waals surface area contributed by atoms with Gasteiger partial charge in [0.2, 0.25) is 11.9 Å². The van der Waals surface area contributed by atoms with Gasteiger partial charge in [0.25, 0.3) is 10.0 Å². The van der Waals surface area contributed by atoms with Crippen molar-refractivity contribution in [2.45, 2.75) is 30.5 Å². The Labute approximate surface area is 162 Å². The molecular formula is C18H22N4O3S2.